The highest BCUT2D eigenvalue weighted by Crippen LogP contribution is 2.34. The van der Waals surface area contributed by atoms with Crippen LogP contribution in [0.1, 0.15) is 31.4 Å². The number of carbonyl (C=O) groups is 1. The Morgan fingerprint density at radius 3 is 2.47 bits per heavy atom. The highest BCUT2D eigenvalue weighted by Gasteiger charge is 2.34. The van der Waals surface area contributed by atoms with Crippen molar-refractivity contribution >= 4 is 18.1 Å². The maximum absolute atomic E-state index is 13.5. The summed E-state index contributed by atoms with van der Waals surface area (Å²) < 4.78 is 53.1. The summed E-state index contributed by atoms with van der Waals surface area (Å²) in [4.78, 5) is 12.4. The Bertz CT molecular complexity index is 1190. The quantitative estimate of drug-likeness (QED) is 0.403. The average Bonchev–Trinajstić information content (AvgIpc) is 3.16. The van der Waals surface area contributed by atoms with E-state index in [0.717, 1.165) is 11.6 Å². The molecule has 0 aliphatic carbocycles. The number of rotatable bonds is 9. The number of amides is 1. The number of benzene rings is 2. The summed E-state index contributed by atoms with van der Waals surface area (Å²) in [7, 11) is 1.56. The van der Waals surface area contributed by atoms with E-state index in [1.165, 1.54) is 12.1 Å². The molecule has 1 amide bonds. The molecule has 1 aromatic heterocycles. The number of carbonyl (C=O) groups excluding carboxylic acids is 1. The minimum Gasteiger partial charge on any atom is -0.497 e. The van der Waals surface area contributed by atoms with Gasteiger partial charge >= 0.3 is 6.18 Å². The molecule has 34 heavy (non-hydrogen) atoms. The van der Waals surface area contributed by atoms with Crippen LogP contribution in [0.4, 0.5) is 13.2 Å². The third kappa shape index (κ3) is 6.37. The number of halogens is 3. The molecule has 0 spiro atoms. The molecular weight excluding hydrogens is 469 g/mol. The minimum atomic E-state index is -4.58. The van der Waals surface area contributed by atoms with Gasteiger partial charge in [0.25, 0.3) is 0 Å². The fraction of sp³-hybridized carbons (Fsp3) is 0.348. The lowest BCUT2D eigenvalue weighted by Gasteiger charge is -2.17. The molecule has 2 N–H and O–H groups in total. The second kappa shape index (κ2) is 10.7. The van der Waals surface area contributed by atoms with Crippen LogP contribution in [-0.2, 0) is 24.1 Å². The lowest BCUT2D eigenvalue weighted by Crippen LogP contribution is -2.25. The van der Waals surface area contributed by atoms with E-state index in [2.05, 4.69) is 15.5 Å². The summed E-state index contributed by atoms with van der Waals surface area (Å²) >= 11 is 5.27. The number of aromatic amines is 1. The standard InChI is InChI=1S/C23H25F3N4O3S/c1-14(2)33-18-9-6-16(19(12-18)23(24,25)26)13-27-20(31)10-11-30-21(28-29-22(30)34)15-4-7-17(32-3)8-5-15/h4-9,12,14H,10-11,13H2,1-3H3,(H,27,31)(H,29,34). The van der Waals surface area contributed by atoms with Crippen LogP contribution in [0.25, 0.3) is 11.4 Å². The summed E-state index contributed by atoms with van der Waals surface area (Å²) in [5.74, 6) is 0.934. The first-order valence-corrected chi connectivity index (χ1v) is 10.9. The van der Waals surface area contributed by atoms with Crippen molar-refractivity contribution in [1.82, 2.24) is 20.1 Å². The van der Waals surface area contributed by atoms with E-state index in [0.29, 0.717) is 16.3 Å². The minimum absolute atomic E-state index is 0.00684. The number of hydrogen-bond donors (Lipinski definition) is 2. The first-order valence-electron chi connectivity index (χ1n) is 10.5. The average molecular weight is 495 g/mol. The number of aromatic nitrogens is 3. The molecule has 2 aromatic carbocycles. The summed E-state index contributed by atoms with van der Waals surface area (Å²) in [5, 5.41) is 9.47. The van der Waals surface area contributed by atoms with Crippen LogP contribution in [0.5, 0.6) is 11.5 Å². The van der Waals surface area contributed by atoms with Crippen molar-refractivity contribution in [2.75, 3.05) is 7.11 Å². The van der Waals surface area contributed by atoms with E-state index in [4.69, 9.17) is 21.7 Å². The van der Waals surface area contributed by atoms with Crippen molar-refractivity contribution in [3.63, 3.8) is 0 Å². The zero-order chi connectivity index (χ0) is 24.9. The van der Waals surface area contributed by atoms with Crippen molar-refractivity contribution in [2.24, 2.45) is 0 Å². The van der Waals surface area contributed by atoms with Crippen molar-refractivity contribution in [2.45, 2.75) is 45.6 Å². The first-order chi connectivity index (χ1) is 16.1. The molecule has 0 bridgehead atoms. The fourth-order valence-electron chi connectivity index (χ4n) is 3.30. The van der Waals surface area contributed by atoms with Crippen molar-refractivity contribution < 1.29 is 27.4 Å². The Morgan fingerprint density at radius 1 is 1.18 bits per heavy atom. The van der Waals surface area contributed by atoms with E-state index >= 15 is 0 Å². The molecule has 0 atom stereocenters. The van der Waals surface area contributed by atoms with Crippen LogP contribution in [-0.4, -0.2) is 33.9 Å². The summed E-state index contributed by atoms with van der Waals surface area (Å²) in [6.45, 7) is 3.40. The number of H-pyrrole nitrogens is 1. The maximum atomic E-state index is 13.5. The SMILES string of the molecule is COc1ccc(-c2n[nH]c(=S)n2CCC(=O)NCc2ccc(OC(C)C)cc2C(F)(F)F)cc1. The van der Waals surface area contributed by atoms with Gasteiger partial charge in [-0.2, -0.15) is 18.3 Å². The van der Waals surface area contributed by atoms with Crippen LogP contribution >= 0.6 is 12.2 Å². The van der Waals surface area contributed by atoms with E-state index in [1.807, 2.05) is 12.1 Å². The zero-order valence-corrected chi connectivity index (χ0v) is 19.7. The molecule has 1 heterocycles. The van der Waals surface area contributed by atoms with E-state index in [9.17, 15) is 18.0 Å². The number of alkyl halides is 3. The van der Waals surface area contributed by atoms with Gasteiger partial charge in [0.1, 0.15) is 11.5 Å². The molecule has 3 aromatic rings. The Hall–Kier alpha value is -3.34. The van der Waals surface area contributed by atoms with Gasteiger partial charge in [-0.05, 0) is 68.0 Å². The van der Waals surface area contributed by atoms with Crippen molar-refractivity contribution in [3.05, 3.63) is 58.4 Å². The highest BCUT2D eigenvalue weighted by atomic mass is 32.1. The van der Waals surface area contributed by atoms with Crippen molar-refractivity contribution in [3.8, 4) is 22.9 Å². The maximum Gasteiger partial charge on any atom is 0.416 e. The summed E-state index contributed by atoms with van der Waals surface area (Å²) in [6.07, 6.45) is -4.83. The lowest BCUT2D eigenvalue weighted by atomic mass is 10.1. The van der Waals surface area contributed by atoms with Gasteiger partial charge < -0.3 is 14.8 Å². The van der Waals surface area contributed by atoms with E-state index in [-0.39, 0.29) is 36.9 Å². The predicted molar refractivity (Wildman–Crippen MR) is 123 cm³/mol. The fourth-order valence-corrected chi connectivity index (χ4v) is 3.52. The molecule has 7 nitrogen and oxygen atoms in total. The molecule has 0 aliphatic heterocycles. The second-order valence-electron chi connectivity index (χ2n) is 7.74. The molecule has 3 rings (SSSR count). The number of hydrogen-bond acceptors (Lipinski definition) is 5. The molecule has 0 fully saturated rings. The van der Waals surface area contributed by atoms with Gasteiger partial charge in [-0.1, -0.05) is 6.07 Å². The van der Waals surface area contributed by atoms with E-state index in [1.54, 1.807) is 37.7 Å². The van der Waals surface area contributed by atoms with Gasteiger partial charge in [-0.25, -0.2) is 0 Å². The lowest BCUT2D eigenvalue weighted by molar-refractivity contribution is -0.138. The zero-order valence-electron chi connectivity index (χ0n) is 18.9. The molecule has 182 valence electrons. The molecular formula is C23H25F3N4O3S. The van der Waals surface area contributed by atoms with Crippen LogP contribution < -0.4 is 14.8 Å². The van der Waals surface area contributed by atoms with Crippen LogP contribution in [0.15, 0.2) is 42.5 Å². The Kier molecular flexibility index (Phi) is 7.98. The van der Waals surface area contributed by atoms with Gasteiger partial charge in [0, 0.05) is 25.1 Å². The van der Waals surface area contributed by atoms with Crippen LogP contribution in [0.3, 0.4) is 0 Å². The Morgan fingerprint density at radius 2 is 1.85 bits per heavy atom. The molecule has 0 saturated heterocycles. The van der Waals surface area contributed by atoms with Gasteiger partial charge in [0.2, 0.25) is 5.91 Å². The topological polar surface area (TPSA) is 81.2 Å². The number of nitrogens with zero attached hydrogens (tertiary/aromatic N) is 2. The summed E-state index contributed by atoms with van der Waals surface area (Å²) in [5.41, 5.74) is -0.118. The third-order valence-corrected chi connectivity index (χ3v) is 5.22. The van der Waals surface area contributed by atoms with Crippen LogP contribution in [0.2, 0.25) is 0 Å². The normalized spacial score (nSPS) is 11.5. The molecule has 0 unspecified atom stereocenters. The highest BCUT2D eigenvalue weighted by molar-refractivity contribution is 7.71. The van der Waals surface area contributed by atoms with Gasteiger partial charge in [0.15, 0.2) is 10.6 Å². The second-order valence-corrected chi connectivity index (χ2v) is 8.13. The first kappa shape index (κ1) is 25.3. The van der Waals surface area contributed by atoms with Crippen LogP contribution in [0, 0.1) is 4.77 Å². The summed E-state index contributed by atoms with van der Waals surface area (Å²) in [6, 6.07) is 10.9. The van der Waals surface area contributed by atoms with Crippen molar-refractivity contribution in [1.29, 1.82) is 0 Å². The number of nitrogens with one attached hydrogen (secondary N) is 2. The molecule has 0 aliphatic rings. The van der Waals surface area contributed by atoms with Gasteiger partial charge in [0.05, 0.1) is 18.8 Å². The monoisotopic (exact) mass is 494 g/mol. The smallest absolute Gasteiger partial charge is 0.416 e. The Balaban J connectivity index is 1.67. The number of methoxy groups -OCH3 is 1. The third-order valence-electron chi connectivity index (χ3n) is 4.90. The molecule has 0 radical (unpaired) electrons. The number of ether oxygens (including phenoxy) is 2. The molecule has 11 heteroatoms. The van der Waals surface area contributed by atoms with E-state index < -0.39 is 17.6 Å². The largest absolute Gasteiger partial charge is 0.497 e. The predicted octanol–water partition coefficient (Wildman–Crippen LogP) is 5.13. The van der Waals surface area contributed by atoms with Gasteiger partial charge in [-0.3, -0.25) is 14.5 Å². The Labute approximate surface area is 199 Å². The van der Waals surface area contributed by atoms with Gasteiger partial charge in [-0.15, -0.1) is 0 Å². The molecule has 0 saturated carbocycles.